The van der Waals surface area contributed by atoms with Crippen molar-refractivity contribution >= 4 is 32.9 Å². The number of benzene rings is 3. The second kappa shape index (κ2) is 5.61. The molecule has 3 aromatic carbocycles. The molecule has 0 radical (unpaired) electrons. The van der Waals surface area contributed by atoms with Crippen molar-refractivity contribution in [1.82, 2.24) is 10.6 Å². The van der Waals surface area contributed by atoms with Gasteiger partial charge in [0.15, 0.2) is 0 Å². The van der Waals surface area contributed by atoms with Gasteiger partial charge in [0.05, 0.1) is 0 Å². The van der Waals surface area contributed by atoms with Gasteiger partial charge in [0.2, 0.25) is 0 Å². The van der Waals surface area contributed by atoms with Gasteiger partial charge in [0.1, 0.15) is 23.5 Å². The highest BCUT2D eigenvalue weighted by atomic mass is 15.2. The van der Waals surface area contributed by atoms with E-state index in [2.05, 4.69) is 22.8 Å². The SMILES string of the molecule is N#CC(C#N)=c1c2ccccc2c(=C2NCCN2)c2ccccc12. The average Bonchev–Trinajstić information content (AvgIpc) is 3.16. The third-order valence-electron chi connectivity index (χ3n) is 4.38. The van der Waals surface area contributed by atoms with Crippen molar-refractivity contribution in [2.24, 2.45) is 0 Å². The van der Waals surface area contributed by atoms with E-state index in [0.29, 0.717) is 5.22 Å². The lowest BCUT2D eigenvalue weighted by atomic mass is 9.95. The van der Waals surface area contributed by atoms with Crippen molar-refractivity contribution in [2.45, 2.75) is 0 Å². The second-order valence-electron chi connectivity index (χ2n) is 5.67. The Hall–Kier alpha value is -3.50. The van der Waals surface area contributed by atoms with Crippen molar-refractivity contribution in [1.29, 1.82) is 10.5 Å². The molecule has 1 aliphatic heterocycles. The third kappa shape index (κ3) is 1.98. The Bertz CT molecular complexity index is 1090. The summed E-state index contributed by atoms with van der Waals surface area (Å²) >= 11 is 0. The summed E-state index contributed by atoms with van der Waals surface area (Å²) in [6.07, 6.45) is 0. The van der Waals surface area contributed by atoms with Crippen LogP contribution in [0.2, 0.25) is 0 Å². The van der Waals surface area contributed by atoms with Crippen molar-refractivity contribution in [3.8, 4) is 12.1 Å². The second-order valence-corrected chi connectivity index (χ2v) is 5.67. The summed E-state index contributed by atoms with van der Waals surface area (Å²) in [5.41, 5.74) is 0.145. The van der Waals surface area contributed by atoms with Crippen LogP contribution in [0.1, 0.15) is 0 Å². The van der Waals surface area contributed by atoms with E-state index >= 15 is 0 Å². The maximum absolute atomic E-state index is 9.44. The first-order valence-electron chi connectivity index (χ1n) is 7.81. The molecule has 0 unspecified atom stereocenters. The molecule has 2 N–H and O–H groups in total. The summed E-state index contributed by atoms with van der Waals surface area (Å²) in [4.78, 5) is 0. The highest BCUT2D eigenvalue weighted by Gasteiger charge is 2.13. The number of hydrogen-bond donors (Lipinski definition) is 2. The van der Waals surface area contributed by atoms with E-state index in [-0.39, 0.29) is 5.57 Å². The fraction of sp³-hybridized carbons (Fsp3) is 0.100. The van der Waals surface area contributed by atoms with Crippen LogP contribution in [0.5, 0.6) is 0 Å². The van der Waals surface area contributed by atoms with E-state index in [1.54, 1.807) is 0 Å². The van der Waals surface area contributed by atoms with Gasteiger partial charge in [0, 0.05) is 23.5 Å². The molecule has 4 nitrogen and oxygen atoms in total. The fourth-order valence-electron chi connectivity index (χ4n) is 3.42. The van der Waals surface area contributed by atoms with E-state index in [4.69, 9.17) is 0 Å². The Morgan fingerprint density at radius 1 is 0.750 bits per heavy atom. The van der Waals surface area contributed by atoms with E-state index in [0.717, 1.165) is 45.7 Å². The molecule has 0 bridgehead atoms. The number of nitriles is 2. The van der Waals surface area contributed by atoms with Crippen LogP contribution in [0.15, 0.2) is 48.5 Å². The minimum Gasteiger partial charge on any atom is -0.370 e. The molecular formula is C20H14N4. The monoisotopic (exact) mass is 310 g/mol. The minimum absolute atomic E-state index is 0.145. The zero-order valence-electron chi connectivity index (χ0n) is 12.9. The number of nitrogens with zero attached hydrogens (tertiary/aromatic N) is 2. The predicted octanol–water partition coefficient (Wildman–Crippen LogP) is 1.45. The summed E-state index contributed by atoms with van der Waals surface area (Å²) in [6.45, 7) is 1.76. The zero-order chi connectivity index (χ0) is 16.5. The summed E-state index contributed by atoms with van der Waals surface area (Å²) < 4.78 is 0. The molecule has 114 valence electrons. The van der Waals surface area contributed by atoms with Gasteiger partial charge in [-0.1, -0.05) is 48.5 Å². The van der Waals surface area contributed by atoms with E-state index < -0.39 is 0 Å². The first-order chi connectivity index (χ1) is 11.8. The van der Waals surface area contributed by atoms with Gasteiger partial charge in [-0.05, 0) is 21.5 Å². The van der Waals surface area contributed by atoms with Gasteiger partial charge in [-0.2, -0.15) is 10.5 Å². The largest absolute Gasteiger partial charge is 0.370 e. The van der Waals surface area contributed by atoms with Crippen LogP contribution in [-0.2, 0) is 0 Å². The molecule has 4 rings (SSSR count). The molecule has 0 aromatic heterocycles. The summed E-state index contributed by atoms with van der Waals surface area (Å²) in [5.74, 6) is 1.00. The van der Waals surface area contributed by atoms with Gasteiger partial charge < -0.3 is 10.6 Å². The molecule has 0 spiro atoms. The maximum atomic E-state index is 9.44. The van der Waals surface area contributed by atoms with Crippen LogP contribution in [0.4, 0.5) is 0 Å². The third-order valence-corrected chi connectivity index (χ3v) is 4.38. The van der Waals surface area contributed by atoms with Crippen molar-refractivity contribution in [3.05, 3.63) is 59.0 Å². The first-order valence-corrected chi connectivity index (χ1v) is 7.81. The molecule has 0 saturated carbocycles. The van der Waals surface area contributed by atoms with Crippen LogP contribution in [-0.4, -0.2) is 13.1 Å². The molecule has 0 aliphatic carbocycles. The molecule has 4 heteroatoms. The van der Waals surface area contributed by atoms with Crippen LogP contribution in [0, 0.1) is 22.7 Å². The van der Waals surface area contributed by atoms with Crippen LogP contribution in [0.25, 0.3) is 32.9 Å². The smallest absolute Gasteiger partial charge is 0.138 e. The van der Waals surface area contributed by atoms with Gasteiger partial charge in [-0.3, -0.25) is 0 Å². The number of fused-ring (bicyclic) bond motifs is 2. The lowest BCUT2D eigenvalue weighted by molar-refractivity contribution is 0.942. The number of nitrogens with one attached hydrogen (secondary N) is 2. The normalized spacial score (nSPS) is 13.2. The number of hydrogen-bond acceptors (Lipinski definition) is 4. The Morgan fingerprint density at radius 2 is 1.21 bits per heavy atom. The van der Waals surface area contributed by atoms with Crippen molar-refractivity contribution < 1.29 is 0 Å². The lowest BCUT2D eigenvalue weighted by Gasteiger charge is -2.10. The van der Waals surface area contributed by atoms with Gasteiger partial charge >= 0.3 is 0 Å². The number of rotatable bonds is 0. The Balaban J connectivity index is 2.44. The van der Waals surface area contributed by atoms with Crippen LogP contribution in [0.3, 0.4) is 0 Å². The Kier molecular flexibility index (Phi) is 3.30. The highest BCUT2D eigenvalue weighted by molar-refractivity contribution is 6.03. The minimum atomic E-state index is 0.145. The molecular weight excluding hydrogens is 296 g/mol. The maximum Gasteiger partial charge on any atom is 0.138 e. The van der Waals surface area contributed by atoms with Gasteiger partial charge in [0.25, 0.3) is 0 Å². The van der Waals surface area contributed by atoms with Crippen LogP contribution >= 0.6 is 0 Å². The summed E-state index contributed by atoms with van der Waals surface area (Å²) in [6, 6.07) is 20.0. The molecule has 0 amide bonds. The van der Waals surface area contributed by atoms with E-state index in [1.807, 2.05) is 48.5 Å². The highest BCUT2D eigenvalue weighted by Crippen LogP contribution is 2.16. The summed E-state index contributed by atoms with van der Waals surface area (Å²) in [7, 11) is 0. The molecule has 24 heavy (non-hydrogen) atoms. The van der Waals surface area contributed by atoms with Crippen molar-refractivity contribution in [2.75, 3.05) is 13.1 Å². The van der Waals surface area contributed by atoms with Gasteiger partial charge in [-0.15, -0.1) is 0 Å². The zero-order valence-corrected chi connectivity index (χ0v) is 12.9. The molecule has 1 fully saturated rings. The molecule has 0 atom stereocenters. The molecule has 1 aliphatic rings. The predicted molar refractivity (Wildman–Crippen MR) is 94.8 cm³/mol. The Morgan fingerprint density at radius 3 is 1.67 bits per heavy atom. The fourth-order valence-corrected chi connectivity index (χ4v) is 3.42. The lowest BCUT2D eigenvalue weighted by Crippen LogP contribution is -2.25. The molecule has 1 saturated heterocycles. The first kappa shape index (κ1) is 14.1. The van der Waals surface area contributed by atoms with E-state index in [9.17, 15) is 10.5 Å². The quantitative estimate of drug-likeness (QED) is 0.617. The molecule has 1 heterocycles. The average molecular weight is 310 g/mol. The van der Waals surface area contributed by atoms with Crippen molar-refractivity contribution in [3.63, 3.8) is 0 Å². The topological polar surface area (TPSA) is 71.6 Å². The summed E-state index contributed by atoms with van der Waals surface area (Å²) in [5, 5.41) is 31.4. The van der Waals surface area contributed by atoms with E-state index in [1.165, 1.54) is 0 Å². The molecule has 3 aromatic rings. The van der Waals surface area contributed by atoms with Gasteiger partial charge in [-0.25, -0.2) is 0 Å². The van der Waals surface area contributed by atoms with Crippen LogP contribution < -0.4 is 21.1 Å². The Labute approximate surface area is 138 Å². The standard InChI is InChI=1S/C20H14N4/c21-11-13(12-22)18-14-5-1-3-7-16(14)19(20-23-9-10-24-20)17-8-4-2-6-15(17)18/h1-8,23-24H,9-10H2.